The third-order valence-corrected chi connectivity index (χ3v) is 4.22. The molecular weight excluding hydrogens is 281 g/mol. The summed E-state index contributed by atoms with van der Waals surface area (Å²) < 4.78 is 13.7. The van der Waals surface area contributed by atoms with Crippen molar-refractivity contribution in [3.05, 3.63) is 34.1 Å². The second-order valence-corrected chi connectivity index (χ2v) is 5.52. The zero-order chi connectivity index (χ0) is 12.9. The Bertz CT molecular complexity index is 361. The molecule has 0 aliphatic heterocycles. The molecule has 1 rings (SSSR count). The third kappa shape index (κ3) is 3.78. The molecule has 0 saturated heterocycles. The predicted molar refractivity (Wildman–Crippen MR) is 74.7 cm³/mol. The van der Waals surface area contributed by atoms with E-state index in [-0.39, 0.29) is 11.2 Å². The summed E-state index contributed by atoms with van der Waals surface area (Å²) in [5.74, 6) is -0.194. The third-order valence-electron chi connectivity index (χ3n) is 3.61. The maximum atomic E-state index is 13.2. The van der Waals surface area contributed by atoms with E-state index < -0.39 is 0 Å². The molecule has 1 aromatic carbocycles. The first-order valence-corrected chi connectivity index (χ1v) is 6.94. The summed E-state index contributed by atoms with van der Waals surface area (Å²) in [7, 11) is 1.99. The van der Waals surface area contributed by atoms with Crippen LogP contribution in [0.2, 0.25) is 0 Å². The number of nitrogens with one attached hydrogen (secondary N) is 1. The highest BCUT2D eigenvalue weighted by atomic mass is 79.9. The minimum absolute atomic E-state index is 0.194. The highest BCUT2D eigenvalue weighted by molar-refractivity contribution is 9.10. The molecule has 0 aromatic heterocycles. The normalized spacial score (nSPS) is 11.8. The van der Waals surface area contributed by atoms with Gasteiger partial charge in [-0.3, -0.25) is 0 Å². The minimum atomic E-state index is -0.194. The Morgan fingerprint density at radius 3 is 2.41 bits per heavy atom. The Kier molecular flexibility index (Phi) is 5.60. The molecule has 0 unspecified atom stereocenters. The highest BCUT2D eigenvalue weighted by Gasteiger charge is 2.25. The van der Waals surface area contributed by atoms with Gasteiger partial charge in [0.1, 0.15) is 5.82 Å². The first kappa shape index (κ1) is 14.7. The quantitative estimate of drug-likeness (QED) is 0.832. The molecule has 17 heavy (non-hydrogen) atoms. The van der Waals surface area contributed by atoms with Crippen LogP contribution in [0.4, 0.5) is 4.39 Å². The van der Waals surface area contributed by atoms with Gasteiger partial charge in [0.15, 0.2) is 0 Å². The van der Waals surface area contributed by atoms with Crippen LogP contribution in [0, 0.1) is 11.2 Å². The van der Waals surface area contributed by atoms with Gasteiger partial charge in [-0.05, 0) is 65.4 Å². The van der Waals surface area contributed by atoms with Gasteiger partial charge >= 0.3 is 0 Å². The zero-order valence-electron chi connectivity index (χ0n) is 10.8. The van der Waals surface area contributed by atoms with Crippen molar-refractivity contribution >= 4 is 15.9 Å². The lowest BCUT2D eigenvalue weighted by molar-refractivity contribution is 0.253. The summed E-state index contributed by atoms with van der Waals surface area (Å²) in [6.45, 7) is 5.44. The van der Waals surface area contributed by atoms with E-state index in [2.05, 4.69) is 35.1 Å². The van der Waals surface area contributed by atoms with E-state index in [0.717, 1.165) is 25.8 Å². The number of hydrogen-bond acceptors (Lipinski definition) is 1. The summed E-state index contributed by atoms with van der Waals surface area (Å²) in [5.41, 5.74) is 1.46. The number of halogens is 2. The SMILES string of the molecule is CCC(CC)(CNC)Cc1ccc(F)c(Br)c1. The summed E-state index contributed by atoms with van der Waals surface area (Å²) in [6, 6.07) is 5.32. The second kappa shape index (κ2) is 6.50. The van der Waals surface area contributed by atoms with Crippen LogP contribution in [0.1, 0.15) is 32.3 Å². The van der Waals surface area contributed by atoms with Crippen LogP contribution in [-0.2, 0) is 6.42 Å². The summed E-state index contributed by atoms with van der Waals surface area (Å²) >= 11 is 3.25. The van der Waals surface area contributed by atoms with E-state index in [4.69, 9.17) is 0 Å². The number of hydrogen-bond donors (Lipinski definition) is 1. The molecule has 1 nitrogen and oxygen atoms in total. The molecule has 0 fully saturated rings. The van der Waals surface area contributed by atoms with Gasteiger partial charge in [-0.2, -0.15) is 0 Å². The highest BCUT2D eigenvalue weighted by Crippen LogP contribution is 2.31. The minimum Gasteiger partial charge on any atom is -0.319 e. The lowest BCUT2D eigenvalue weighted by atomic mass is 9.77. The average Bonchev–Trinajstić information content (AvgIpc) is 2.33. The van der Waals surface area contributed by atoms with Crippen molar-refractivity contribution in [2.24, 2.45) is 5.41 Å². The maximum Gasteiger partial charge on any atom is 0.137 e. The largest absolute Gasteiger partial charge is 0.319 e. The van der Waals surface area contributed by atoms with E-state index in [1.165, 1.54) is 11.6 Å². The van der Waals surface area contributed by atoms with Gasteiger partial charge < -0.3 is 5.32 Å². The molecule has 0 heterocycles. The monoisotopic (exact) mass is 301 g/mol. The smallest absolute Gasteiger partial charge is 0.137 e. The predicted octanol–water partition coefficient (Wildman–Crippen LogP) is 4.16. The van der Waals surface area contributed by atoms with Crippen LogP contribution in [-0.4, -0.2) is 13.6 Å². The first-order chi connectivity index (χ1) is 8.06. The topological polar surface area (TPSA) is 12.0 Å². The van der Waals surface area contributed by atoms with Crippen molar-refractivity contribution in [1.29, 1.82) is 0 Å². The molecule has 0 spiro atoms. The molecule has 0 aliphatic carbocycles. The number of benzene rings is 1. The Hall–Kier alpha value is -0.410. The van der Waals surface area contributed by atoms with Crippen LogP contribution in [0.3, 0.4) is 0 Å². The van der Waals surface area contributed by atoms with E-state index in [1.54, 1.807) is 0 Å². The second-order valence-electron chi connectivity index (χ2n) is 4.66. The van der Waals surface area contributed by atoms with Gasteiger partial charge in [0.05, 0.1) is 4.47 Å². The summed E-state index contributed by atoms with van der Waals surface area (Å²) in [6.07, 6.45) is 3.23. The standard InChI is InChI=1S/C14H21BrFN/c1-4-14(5-2,10-17-3)9-11-6-7-13(16)12(15)8-11/h6-8,17H,4-5,9-10H2,1-3H3. The molecule has 1 N–H and O–H groups in total. The lowest BCUT2D eigenvalue weighted by Crippen LogP contribution is -2.33. The lowest BCUT2D eigenvalue weighted by Gasteiger charge is -2.31. The van der Waals surface area contributed by atoms with E-state index in [9.17, 15) is 4.39 Å². The van der Waals surface area contributed by atoms with Gasteiger partial charge in [-0.25, -0.2) is 4.39 Å². The molecule has 0 radical (unpaired) electrons. The Morgan fingerprint density at radius 2 is 1.94 bits per heavy atom. The molecule has 96 valence electrons. The molecule has 3 heteroatoms. The fourth-order valence-corrected chi connectivity index (χ4v) is 2.70. The fourth-order valence-electron chi connectivity index (χ4n) is 2.27. The Labute approximate surface area is 112 Å². The van der Waals surface area contributed by atoms with Crippen LogP contribution >= 0.6 is 15.9 Å². The molecule has 0 atom stereocenters. The van der Waals surface area contributed by atoms with Gasteiger partial charge in [0.2, 0.25) is 0 Å². The van der Waals surface area contributed by atoms with E-state index >= 15 is 0 Å². The average molecular weight is 302 g/mol. The number of rotatable bonds is 6. The van der Waals surface area contributed by atoms with Crippen molar-refractivity contribution in [3.63, 3.8) is 0 Å². The van der Waals surface area contributed by atoms with E-state index in [0.29, 0.717) is 4.47 Å². The van der Waals surface area contributed by atoms with Crippen molar-refractivity contribution in [2.45, 2.75) is 33.1 Å². The van der Waals surface area contributed by atoms with Crippen LogP contribution < -0.4 is 5.32 Å². The Morgan fingerprint density at radius 1 is 1.29 bits per heavy atom. The fraction of sp³-hybridized carbons (Fsp3) is 0.571. The molecule has 0 saturated carbocycles. The van der Waals surface area contributed by atoms with Crippen LogP contribution in [0.25, 0.3) is 0 Å². The molecule has 0 aliphatic rings. The van der Waals surface area contributed by atoms with Crippen molar-refractivity contribution in [3.8, 4) is 0 Å². The van der Waals surface area contributed by atoms with Gasteiger partial charge in [0.25, 0.3) is 0 Å². The van der Waals surface area contributed by atoms with E-state index in [1.807, 2.05) is 19.2 Å². The summed E-state index contributed by atoms with van der Waals surface area (Å²) in [5, 5.41) is 3.27. The first-order valence-electron chi connectivity index (χ1n) is 6.15. The van der Waals surface area contributed by atoms with Crippen LogP contribution in [0.5, 0.6) is 0 Å². The van der Waals surface area contributed by atoms with Crippen molar-refractivity contribution in [2.75, 3.05) is 13.6 Å². The molecule has 0 amide bonds. The molecule has 0 bridgehead atoms. The van der Waals surface area contributed by atoms with Gasteiger partial charge in [0, 0.05) is 6.54 Å². The molecule has 1 aromatic rings. The maximum absolute atomic E-state index is 13.2. The van der Waals surface area contributed by atoms with Gasteiger partial charge in [-0.15, -0.1) is 0 Å². The summed E-state index contributed by atoms with van der Waals surface area (Å²) in [4.78, 5) is 0. The van der Waals surface area contributed by atoms with Crippen molar-refractivity contribution in [1.82, 2.24) is 5.32 Å². The van der Waals surface area contributed by atoms with Crippen molar-refractivity contribution < 1.29 is 4.39 Å². The molecular formula is C14H21BrFN. The zero-order valence-corrected chi connectivity index (χ0v) is 12.4. The van der Waals surface area contributed by atoms with Crippen LogP contribution in [0.15, 0.2) is 22.7 Å². The Balaban J connectivity index is 2.89. The van der Waals surface area contributed by atoms with Gasteiger partial charge in [-0.1, -0.05) is 19.9 Å².